The molecule has 0 aromatic heterocycles. The Morgan fingerprint density at radius 1 is 0.488 bits per heavy atom. The number of phosphoric acid groups is 1. The summed E-state index contributed by atoms with van der Waals surface area (Å²) in [5.41, 5.74) is 0. The minimum absolute atomic E-state index is 0.0308. The number of carbonyl (C=O) groups excluding carboxylic acids is 2. The normalized spacial score (nSPS) is 31.2. The Labute approximate surface area is 486 Å². The van der Waals surface area contributed by atoms with E-state index >= 15 is 0 Å². The fourth-order valence-corrected chi connectivity index (χ4v) is 11.4. The minimum atomic E-state index is -5.64. The van der Waals surface area contributed by atoms with Crippen LogP contribution in [0.15, 0.2) is 12.2 Å². The van der Waals surface area contributed by atoms with Crippen LogP contribution in [0.3, 0.4) is 0 Å². The van der Waals surface area contributed by atoms with Crippen molar-refractivity contribution in [2.24, 2.45) is 5.92 Å². The predicted molar refractivity (Wildman–Crippen MR) is 300 cm³/mol. The van der Waals surface area contributed by atoms with Gasteiger partial charge >= 0.3 is 19.8 Å². The van der Waals surface area contributed by atoms with Gasteiger partial charge in [-0.1, -0.05) is 168 Å². The smallest absolute Gasteiger partial charge is 0.462 e. The van der Waals surface area contributed by atoms with Gasteiger partial charge in [0.25, 0.3) is 0 Å². The van der Waals surface area contributed by atoms with Crippen LogP contribution in [0.5, 0.6) is 0 Å². The molecular weight excluding hydrogens is 1100 g/mol. The first-order valence-corrected chi connectivity index (χ1v) is 32.4. The van der Waals surface area contributed by atoms with Crippen LogP contribution in [0.4, 0.5) is 0 Å². The van der Waals surface area contributed by atoms with E-state index in [1.54, 1.807) is 0 Å². The van der Waals surface area contributed by atoms with E-state index in [0.29, 0.717) is 18.8 Å². The summed E-state index contributed by atoms with van der Waals surface area (Å²) in [6, 6.07) is 0. The SMILES string of the molecule is CCCCCCC=CCCCCCCCCCC(=O)OCC(COP(=O)(O)OC1C(OC2OC(CO)C(O)C(O)C2O)C(O)C(O)C(O)C1OC1OC(CO)C(O)C(O)C1O)OC(=O)CCCCCCCCC(C)CCCCCCCC. The molecule has 0 aromatic rings. The number of phosphoric ester groups is 1. The molecular formula is C58H107O23P. The van der Waals surface area contributed by atoms with Crippen molar-refractivity contribution in [3.63, 3.8) is 0 Å². The van der Waals surface area contributed by atoms with Gasteiger partial charge in [0.05, 0.1) is 19.8 Å². The fourth-order valence-electron chi connectivity index (χ4n) is 10.5. The Hall–Kier alpha value is -1.81. The van der Waals surface area contributed by atoms with Crippen molar-refractivity contribution >= 4 is 19.8 Å². The first-order valence-electron chi connectivity index (χ1n) is 30.9. The van der Waals surface area contributed by atoms with E-state index in [1.165, 1.54) is 77.0 Å². The number of hydrogen-bond acceptors (Lipinski definition) is 22. The largest absolute Gasteiger partial charge is 0.472 e. The van der Waals surface area contributed by atoms with E-state index in [4.69, 9.17) is 37.5 Å². The zero-order chi connectivity index (χ0) is 60.5. The molecule has 3 fully saturated rings. The number of aliphatic hydroxyl groups is 11. The second-order valence-corrected chi connectivity index (χ2v) is 24.3. The monoisotopic (exact) mass is 1200 g/mol. The molecule has 17 atom stereocenters. The lowest BCUT2D eigenvalue weighted by atomic mass is 9.84. The highest BCUT2D eigenvalue weighted by molar-refractivity contribution is 7.47. The van der Waals surface area contributed by atoms with Crippen LogP contribution in [0, 0.1) is 5.92 Å². The van der Waals surface area contributed by atoms with Gasteiger partial charge in [-0.3, -0.25) is 18.6 Å². The lowest BCUT2D eigenvalue weighted by Crippen LogP contribution is -2.69. The molecule has 0 aromatic carbocycles. The summed E-state index contributed by atoms with van der Waals surface area (Å²) in [5, 5.41) is 117. The lowest BCUT2D eigenvalue weighted by molar-refractivity contribution is -0.360. The molecule has 482 valence electrons. The number of carbonyl (C=O) groups is 2. The quantitative estimate of drug-likeness (QED) is 0.0166. The molecule has 0 bridgehead atoms. The highest BCUT2D eigenvalue weighted by atomic mass is 31.2. The number of esters is 2. The molecule has 1 aliphatic carbocycles. The third kappa shape index (κ3) is 27.5. The molecule has 82 heavy (non-hydrogen) atoms. The molecule has 2 aliphatic heterocycles. The number of allylic oxidation sites excluding steroid dienone is 2. The molecule has 0 radical (unpaired) electrons. The van der Waals surface area contributed by atoms with E-state index in [0.717, 1.165) is 83.5 Å². The maximum absolute atomic E-state index is 14.1. The van der Waals surface area contributed by atoms with Crippen molar-refractivity contribution in [1.29, 1.82) is 0 Å². The molecule has 23 nitrogen and oxygen atoms in total. The van der Waals surface area contributed by atoms with Crippen LogP contribution in [0.2, 0.25) is 0 Å². The first-order chi connectivity index (χ1) is 39.3. The van der Waals surface area contributed by atoms with E-state index in [9.17, 15) is 75.2 Å². The molecule has 0 amide bonds. The number of hydrogen-bond donors (Lipinski definition) is 12. The van der Waals surface area contributed by atoms with Crippen LogP contribution in [-0.4, -0.2) is 204 Å². The molecule has 17 unspecified atom stereocenters. The molecule has 2 heterocycles. The van der Waals surface area contributed by atoms with E-state index < -0.39 is 150 Å². The summed E-state index contributed by atoms with van der Waals surface area (Å²) in [7, 11) is -5.64. The summed E-state index contributed by atoms with van der Waals surface area (Å²) < 4.78 is 58.2. The molecule has 3 rings (SSSR count). The van der Waals surface area contributed by atoms with Crippen LogP contribution >= 0.6 is 7.82 Å². The summed E-state index contributed by atoms with van der Waals surface area (Å²) in [4.78, 5) is 37.6. The first kappa shape index (κ1) is 74.4. The number of rotatable bonds is 45. The molecule has 1 saturated carbocycles. The maximum atomic E-state index is 14.1. The Balaban J connectivity index is 1.69. The maximum Gasteiger partial charge on any atom is 0.472 e. The van der Waals surface area contributed by atoms with Crippen LogP contribution in [0.1, 0.15) is 207 Å². The van der Waals surface area contributed by atoms with Gasteiger partial charge in [-0.2, -0.15) is 0 Å². The average molecular weight is 1200 g/mol. The predicted octanol–water partition coefficient (Wildman–Crippen LogP) is 4.96. The highest BCUT2D eigenvalue weighted by Crippen LogP contribution is 2.49. The molecule has 3 aliphatic rings. The average Bonchev–Trinajstić information content (AvgIpc) is 3.62. The third-order valence-electron chi connectivity index (χ3n) is 15.7. The van der Waals surface area contributed by atoms with Crippen molar-refractivity contribution < 1.29 is 113 Å². The number of unbranched alkanes of at least 4 members (excludes halogenated alkanes) is 21. The Morgan fingerprint density at radius 3 is 1.33 bits per heavy atom. The third-order valence-corrected chi connectivity index (χ3v) is 16.7. The zero-order valence-corrected chi connectivity index (χ0v) is 50.1. The summed E-state index contributed by atoms with van der Waals surface area (Å²) in [5.74, 6) is -0.647. The zero-order valence-electron chi connectivity index (χ0n) is 49.2. The van der Waals surface area contributed by atoms with E-state index in [2.05, 4.69) is 32.9 Å². The van der Waals surface area contributed by atoms with Crippen LogP contribution in [0.25, 0.3) is 0 Å². The van der Waals surface area contributed by atoms with Gasteiger partial charge in [-0.25, -0.2) is 4.57 Å². The van der Waals surface area contributed by atoms with Crippen molar-refractivity contribution in [2.45, 2.75) is 311 Å². The summed E-state index contributed by atoms with van der Waals surface area (Å²) >= 11 is 0. The topological polar surface area (TPSA) is 368 Å². The van der Waals surface area contributed by atoms with Gasteiger partial charge in [0.2, 0.25) is 0 Å². The van der Waals surface area contributed by atoms with Gasteiger partial charge < -0.3 is 89.5 Å². The van der Waals surface area contributed by atoms with Crippen molar-refractivity contribution in [1.82, 2.24) is 0 Å². The van der Waals surface area contributed by atoms with Crippen molar-refractivity contribution in [2.75, 3.05) is 26.4 Å². The molecule has 0 spiro atoms. The summed E-state index contributed by atoms with van der Waals surface area (Å²) in [6.45, 7) is 3.32. The van der Waals surface area contributed by atoms with E-state index in [1.807, 2.05) is 0 Å². The lowest BCUT2D eigenvalue weighted by Gasteiger charge is -2.49. The van der Waals surface area contributed by atoms with E-state index in [-0.39, 0.29) is 12.8 Å². The number of ether oxygens (including phenoxy) is 6. The highest BCUT2D eigenvalue weighted by Gasteiger charge is 2.58. The van der Waals surface area contributed by atoms with Crippen molar-refractivity contribution in [3.8, 4) is 0 Å². The second kappa shape index (κ2) is 42.1. The van der Waals surface area contributed by atoms with Gasteiger partial charge in [0.15, 0.2) is 18.7 Å². The Kier molecular flexibility index (Phi) is 38.3. The Morgan fingerprint density at radius 2 is 0.878 bits per heavy atom. The molecule has 2 saturated heterocycles. The standard InChI is InChI=1S/C58H107O23P/c1-4-6-8-10-12-13-14-15-16-17-18-19-20-25-29-33-43(61)74-37-40(76-44(62)34-30-26-22-21-24-28-32-39(3)31-27-23-11-9-7-5-2)38-75-82(72,73)81-56-54(79-57-52(70)47(65)45(63)41(35-59)77-57)50(68)49(67)51(69)55(56)80-58-53(71)48(66)46(64)42(36-60)78-58/h13-14,39-42,45-60,63-71H,4-12,15-38H2,1-3H3,(H,72,73). The van der Waals surface area contributed by atoms with Crippen LogP contribution < -0.4 is 0 Å². The molecule has 24 heteroatoms. The van der Waals surface area contributed by atoms with Crippen LogP contribution in [-0.2, 0) is 51.6 Å². The minimum Gasteiger partial charge on any atom is -0.462 e. The van der Waals surface area contributed by atoms with Gasteiger partial charge in [-0.05, 0) is 44.4 Å². The van der Waals surface area contributed by atoms with Gasteiger partial charge in [0.1, 0.15) is 92.1 Å². The number of aliphatic hydroxyl groups excluding tert-OH is 11. The van der Waals surface area contributed by atoms with Crippen molar-refractivity contribution in [3.05, 3.63) is 12.2 Å². The molecule has 12 N–H and O–H groups in total. The summed E-state index contributed by atoms with van der Waals surface area (Å²) in [6.07, 6.45) is -0.995. The van der Waals surface area contributed by atoms with Gasteiger partial charge in [0, 0.05) is 12.8 Å². The fraction of sp³-hybridized carbons (Fsp3) is 0.931. The Bertz CT molecular complexity index is 1690. The van der Waals surface area contributed by atoms with Gasteiger partial charge in [-0.15, -0.1) is 0 Å². The second-order valence-electron chi connectivity index (χ2n) is 22.9.